The predicted octanol–water partition coefficient (Wildman–Crippen LogP) is 3.96. The molecular weight excluding hydrogens is 605 g/mol. The summed E-state index contributed by atoms with van der Waals surface area (Å²) in [5.41, 5.74) is -0.198. The average Bonchev–Trinajstić information content (AvgIpc) is 3.36. The normalized spacial score (nSPS) is 26.1. The van der Waals surface area contributed by atoms with E-state index in [1.165, 1.54) is 0 Å². The Morgan fingerprint density at radius 2 is 1.70 bits per heavy atom. The number of guanidine groups is 1. The van der Waals surface area contributed by atoms with Gasteiger partial charge in [0.05, 0.1) is 29.2 Å². The van der Waals surface area contributed by atoms with E-state index in [0.717, 1.165) is 44.9 Å². The Labute approximate surface area is 278 Å². The highest BCUT2D eigenvalue weighted by Crippen LogP contribution is 2.65. The number of unbranched alkanes of at least 4 members (excludes halogenated alkanes) is 5. The molecule has 13 heteroatoms. The molecule has 4 aliphatic rings. The molecule has 3 saturated carbocycles. The van der Waals surface area contributed by atoms with Gasteiger partial charge in [0.25, 0.3) is 0 Å². The Morgan fingerprint density at radius 3 is 2.35 bits per heavy atom. The van der Waals surface area contributed by atoms with Crippen molar-refractivity contribution in [3.8, 4) is 0 Å². The number of sulfone groups is 1. The summed E-state index contributed by atoms with van der Waals surface area (Å²) in [6.07, 6.45) is 9.30. The fraction of sp³-hybridized carbons (Fsp3) is 0.909. The van der Waals surface area contributed by atoms with Crippen LogP contribution in [0.15, 0.2) is 0 Å². The average molecular weight is 668 g/mol. The number of hydrogen-bond acceptors (Lipinski definition) is 7. The van der Waals surface area contributed by atoms with E-state index in [2.05, 4.69) is 62.8 Å². The Morgan fingerprint density at radius 1 is 1.00 bits per heavy atom. The van der Waals surface area contributed by atoms with Crippen LogP contribution in [-0.2, 0) is 28.7 Å². The lowest BCUT2D eigenvalue weighted by Crippen LogP contribution is -2.65. The fourth-order valence-corrected chi connectivity index (χ4v) is 9.04. The second-order valence-corrected chi connectivity index (χ2v) is 17.4. The lowest BCUT2D eigenvalue weighted by atomic mass is 9.43. The third-order valence-corrected chi connectivity index (χ3v) is 12.4. The highest BCUT2D eigenvalue weighted by Gasteiger charge is 2.68. The molecule has 4 fully saturated rings. The van der Waals surface area contributed by atoms with Crippen molar-refractivity contribution in [1.29, 1.82) is 5.41 Å². The van der Waals surface area contributed by atoms with E-state index in [4.69, 9.17) is 14.7 Å². The molecule has 1 saturated heterocycles. The molecule has 11 nitrogen and oxygen atoms in total. The molecule has 3 aliphatic carbocycles. The minimum absolute atomic E-state index is 0.0109. The van der Waals surface area contributed by atoms with Crippen molar-refractivity contribution in [3.05, 3.63) is 0 Å². The number of rotatable bonds is 20. The zero-order chi connectivity index (χ0) is 34.1. The molecule has 0 aromatic carbocycles. The van der Waals surface area contributed by atoms with Crippen LogP contribution in [0.1, 0.15) is 119 Å². The monoisotopic (exact) mass is 667 g/mol. The summed E-state index contributed by atoms with van der Waals surface area (Å²) in [4.78, 5) is 26.8. The molecule has 1 heterocycles. The summed E-state index contributed by atoms with van der Waals surface area (Å²) in [7, 11) is -2.30. The van der Waals surface area contributed by atoms with Gasteiger partial charge in [-0.2, -0.15) is 0 Å². The van der Waals surface area contributed by atoms with Crippen LogP contribution in [0.5, 0.6) is 0 Å². The van der Waals surface area contributed by atoms with Gasteiger partial charge in [0.15, 0.2) is 15.8 Å². The van der Waals surface area contributed by atoms with E-state index in [1.807, 2.05) is 0 Å². The van der Waals surface area contributed by atoms with E-state index in [1.54, 1.807) is 7.05 Å². The second kappa shape index (κ2) is 17.0. The maximum atomic E-state index is 13.8. The largest absolute Gasteiger partial charge is 0.481 e. The van der Waals surface area contributed by atoms with Crippen LogP contribution in [-0.4, -0.2) is 82.1 Å². The topological polar surface area (TPSA) is 159 Å². The summed E-state index contributed by atoms with van der Waals surface area (Å²) in [6, 6.07) is -0.861. The molecule has 2 bridgehead atoms. The van der Waals surface area contributed by atoms with Gasteiger partial charge in [-0.05, 0) is 68.6 Å². The number of amides is 2. The maximum Gasteiger partial charge on any atom is 0.481 e. The van der Waals surface area contributed by atoms with Crippen molar-refractivity contribution < 1.29 is 27.3 Å². The van der Waals surface area contributed by atoms with Gasteiger partial charge in [-0.25, -0.2) is 8.42 Å². The van der Waals surface area contributed by atoms with E-state index in [-0.39, 0.29) is 47.2 Å². The third kappa shape index (κ3) is 10.3. The SMILES string of the molecule is CCCCCCCCS(=O)(=O)CCC(=O)N[C@@H](CCCNC(=N)NC)C(=O)N[C@@H](CC(C)C)B1O[C@@H]2C[C@@H]3C[C@@H](C3(C)C)[C@]2(C)O1. The minimum Gasteiger partial charge on any atom is -0.404 e. The van der Waals surface area contributed by atoms with Gasteiger partial charge in [0, 0.05) is 20.0 Å². The van der Waals surface area contributed by atoms with Crippen LogP contribution >= 0.6 is 0 Å². The lowest BCUT2D eigenvalue weighted by molar-refractivity contribution is -0.199. The Bertz CT molecular complexity index is 1140. The Hall–Kier alpha value is -1.86. The molecule has 0 radical (unpaired) electrons. The first-order valence-electron chi connectivity index (χ1n) is 17.8. The molecule has 4 rings (SSSR count). The van der Waals surface area contributed by atoms with Crippen molar-refractivity contribution >= 4 is 34.7 Å². The second-order valence-electron chi connectivity index (χ2n) is 15.1. The molecule has 2 amide bonds. The van der Waals surface area contributed by atoms with Crippen LogP contribution in [0.25, 0.3) is 0 Å². The number of hydrogen-bond donors (Lipinski definition) is 5. The Balaban J connectivity index is 1.62. The van der Waals surface area contributed by atoms with Gasteiger partial charge in [-0.15, -0.1) is 0 Å². The van der Waals surface area contributed by atoms with Crippen molar-refractivity contribution in [2.45, 2.75) is 142 Å². The summed E-state index contributed by atoms with van der Waals surface area (Å²) in [5.74, 6) is 0.0938. The summed E-state index contributed by atoms with van der Waals surface area (Å²) in [6.45, 7) is 13.6. The highest BCUT2D eigenvalue weighted by atomic mass is 32.2. The van der Waals surface area contributed by atoms with E-state index < -0.39 is 40.4 Å². The van der Waals surface area contributed by atoms with Crippen molar-refractivity contribution in [2.75, 3.05) is 25.1 Å². The van der Waals surface area contributed by atoms with E-state index in [0.29, 0.717) is 44.1 Å². The van der Waals surface area contributed by atoms with Crippen molar-refractivity contribution in [3.63, 3.8) is 0 Å². The first kappa shape index (κ1) is 38.6. The van der Waals surface area contributed by atoms with Gasteiger partial charge < -0.3 is 30.6 Å². The number of nitrogens with one attached hydrogen (secondary N) is 5. The lowest BCUT2D eigenvalue weighted by Gasteiger charge is -2.64. The molecule has 1 aliphatic heterocycles. The molecule has 0 aromatic heterocycles. The van der Waals surface area contributed by atoms with E-state index in [9.17, 15) is 18.0 Å². The molecule has 264 valence electrons. The number of carbonyl (C=O) groups excluding carboxylic acids is 2. The van der Waals surface area contributed by atoms with Gasteiger partial charge >= 0.3 is 7.12 Å². The quantitative estimate of drug-likeness (QED) is 0.0565. The van der Waals surface area contributed by atoms with Crippen LogP contribution < -0.4 is 21.3 Å². The van der Waals surface area contributed by atoms with Crippen molar-refractivity contribution in [2.24, 2.45) is 23.2 Å². The zero-order valence-electron chi connectivity index (χ0n) is 29.5. The summed E-state index contributed by atoms with van der Waals surface area (Å²) < 4.78 is 38.5. The standard InChI is InChI=1S/C33H62BN5O6S/c1-8-9-10-11-12-13-18-46(42,43)19-16-29(40)38-25(15-14-17-37-31(35)36-7)30(41)39-28(20-23(2)3)34-44-27-22-24-21-26(32(24,4)5)33(27,6)45-34/h23-28H,8-22H2,1-7H3,(H,38,40)(H,39,41)(H3,35,36,37)/t24-,25-,26-,27+,28-,33-/m0/s1. The molecule has 0 spiro atoms. The molecule has 5 N–H and O–H groups in total. The number of carbonyl (C=O) groups is 2. The van der Waals surface area contributed by atoms with Crippen LogP contribution in [0, 0.1) is 28.6 Å². The molecule has 0 unspecified atom stereocenters. The first-order chi connectivity index (χ1) is 21.6. The van der Waals surface area contributed by atoms with Gasteiger partial charge in [-0.1, -0.05) is 66.7 Å². The van der Waals surface area contributed by atoms with Crippen LogP contribution in [0.2, 0.25) is 0 Å². The smallest absolute Gasteiger partial charge is 0.404 e. The fourth-order valence-electron chi connectivity index (χ4n) is 7.70. The van der Waals surface area contributed by atoms with Gasteiger partial charge in [0.1, 0.15) is 6.04 Å². The van der Waals surface area contributed by atoms with Crippen LogP contribution in [0.4, 0.5) is 0 Å². The predicted molar refractivity (Wildman–Crippen MR) is 184 cm³/mol. The molecule has 0 aromatic rings. The third-order valence-electron chi connectivity index (χ3n) is 10.7. The Kier molecular flexibility index (Phi) is 14.3. The van der Waals surface area contributed by atoms with E-state index >= 15 is 0 Å². The van der Waals surface area contributed by atoms with Gasteiger partial charge in [0.2, 0.25) is 11.8 Å². The molecule has 6 atom stereocenters. The minimum atomic E-state index is -3.36. The molecule has 46 heavy (non-hydrogen) atoms. The van der Waals surface area contributed by atoms with Crippen molar-refractivity contribution in [1.82, 2.24) is 21.3 Å². The first-order valence-corrected chi connectivity index (χ1v) is 19.6. The molecular formula is C33H62BN5O6S. The van der Waals surface area contributed by atoms with Crippen LogP contribution in [0.3, 0.4) is 0 Å². The van der Waals surface area contributed by atoms with Gasteiger partial charge in [-0.3, -0.25) is 15.0 Å². The summed E-state index contributed by atoms with van der Waals surface area (Å²) in [5, 5.41) is 19.4. The highest BCUT2D eigenvalue weighted by molar-refractivity contribution is 7.91. The zero-order valence-corrected chi connectivity index (χ0v) is 30.3. The summed E-state index contributed by atoms with van der Waals surface area (Å²) >= 11 is 0. The maximum absolute atomic E-state index is 13.8.